The first-order valence-corrected chi connectivity index (χ1v) is 7.91. The topological polar surface area (TPSA) is 47.4 Å². The minimum absolute atomic E-state index is 0.153. The molecule has 0 radical (unpaired) electrons. The van der Waals surface area contributed by atoms with Crippen molar-refractivity contribution >= 4 is 16.9 Å². The summed E-state index contributed by atoms with van der Waals surface area (Å²) < 4.78 is 2.14. The predicted molar refractivity (Wildman–Crippen MR) is 93.7 cm³/mol. The number of carbonyl (C=O) groups excluding carboxylic acids is 1. The second kappa shape index (κ2) is 6.84. The maximum Gasteiger partial charge on any atom is 0.277 e. The third-order valence-electron chi connectivity index (χ3n) is 4.28. The smallest absolute Gasteiger partial charge is 0.277 e. The molecule has 0 bridgehead atoms. The van der Waals surface area contributed by atoms with Crippen LogP contribution in [0.4, 0.5) is 0 Å². The third kappa shape index (κ3) is 3.16. The molecule has 124 valence electrons. The van der Waals surface area contributed by atoms with Crippen LogP contribution in [0.3, 0.4) is 0 Å². The van der Waals surface area contributed by atoms with Gasteiger partial charge in [-0.2, -0.15) is 0 Å². The van der Waals surface area contributed by atoms with E-state index in [4.69, 9.17) is 9.82 Å². The molecule has 3 aromatic rings. The first-order valence-electron chi connectivity index (χ1n) is 7.91. The van der Waals surface area contributed by atoms with Crippen molar-refractivity contribution in [2.45, 2.75) is 12.8 Å². The van der Waals surface area contributed by atoms with Crippen LogP contribution < -0.4 is 0 Å². The lowest BCUT2D eigenvalue weighted by Gasteiger charge is -2.13. The highest BCUT2D eigenvalue weighted by Gasteiger charge is 2.11. The molecular weight excluding hydrogens is 302 g/mol. The van der Waals surface area contributed by atoms with E-state index >= 15 is 0 Å². The number of hydrogen-bond acceptors (Lipinski definition) is 3. The minimum Gasteiger partial charge on any atom is -0.331 e. The van der Waals surface area contributed by atoms with Crippen molar-refractivity contribution < 1.29 is 9.63 Å². The van der Waals surface area contributed by atoms with Gasteiger partial charge in [-0.25, -0.2) is 10.0 Å². The lowest BCUT2D eigenvalue weighted by atomic mass is 10.1. The monoisotopic (exact) mass is 323 g/mol. The van der Waals surface area contributed by atoms with Crippen molar-refractivity contribution in [1.82, 2.24) is 14.6 Å². The number of carbonyl (C=O) groups is 1. The van der Waals surface area contributed by atoms with E-state index in [1.807, 2.05) is 49.5 Å². The average molecular weight is 323 g/mol. The van der Waals surface area contributed by atoms with Gasteiger partial charge in [0.1, 0.15) is 5.82 Å². The van der Waals surface area contributed by atoms with Crippen LogP contribution in [-0.2, 0) is 24.7 Å². The summed E-state index contributed by atoms with van der Waals surface area (Å²) in [4.78, 5) is 21.6. The Balaban J connectivity index is 1.70. The molecule has 24 heavy (non-hydrogen) atoms. The highest BCUT2D eigenvalue weighted by atomic mass is 16.7. The maximum atomic E-state index is 12.0. The van der Waals surface area contributed by atoms with E-state index in [2.05, 4.69) is 10.6 Å². The Morgan fingerprint density at radius 3 is 2.50 bits per heavy atom. The van der Waals surface area contributed by atoms with Gasteiger partial charge in [0, 0.05) is 26.1 Å². The van der Waals surface area contributed by atoms with Crippen molar-refractivity contribution in [2.24, 2.45) is 7.05 Å². The van der Waals surface area contributed by atoms with Crippen LogP contribution in [0.2, 0.25) is 0 Å². The molecule has 0 spiro atoms. The average Bonchev–Trinajstić information content (AvgIpc) is 2.95. The molecule has 0 aliphatic rings. The molecule has 0 saturated heterocycles. The summed E-state index contributed by atoms with van der Waals surface area (Å²) in [5, 5.41) is 1.22. The summed E-state index contributed by atoms with van der Waals surface area (Å²) in [6.45, 7) is 0. The molecule has 1 aromatic heterocycles. The van der Waals surface area contributed by atoms with Gasteiger partial charge in [-0.1, -0.05) is 24.3 Å². The number of rotatable bonds is 5. The van der Waals surface area contributed by atoms with Gasteiger partial charge in [-0.05, 0) is 36.2 Å². The standard InChI is InChI=1S/C19H21N3O2/c1-21-17-7-5-4-6-16(17)20-18(21)13-10-14-8-11-15(12-9-14)19(23)22(2)24-3/h4-9,11-12H,10,13H2,1-3H3. The zero-order valence-electron chi connectivity index (χ0n) is 14.2. The molecule has 2 aromatic carbocycles. The molecule has 5 nitrogen and oxygen atoms in total. The summed E-state index contributed by atoms with van der Waals surface area (Å²) in [5.41, 5.74) is 3.97. The Morgan fingerprint density at radius 1 is 1.12 bits per heavy atom. The van der Waals surface area contributed by atoms with E-state index in [0.717, 1.165) is 29.7 Å². The van der Waals surface area contributed by atoms with Crippen LogP contribution in [0.5, 0.6) is 0 Å². The molecule has 0 atom stereocenters. The normalized spacial score (nSPS) is 11.0. The van der Waals surface area contributed by atoms with E-state index in [9.17, 15) is 4.79 Å². The summed E-state index contributed by atoms with van der Waals surface area (Å²) in [5.74, 6) is 0.912. The number of amides is 1. The van der Waals surface area contributed by atoms with Crippen LogP contribution in [0.25, 0.3) is 11.0 Å². The number of nitrogens with zero attached hydrogens (tertiary/aromatic N) is 3. The summed E-state index contributed by atoms with van der Waals surface area (Å²) >= 11 is 0. The Bertz CT molecular complexity index is 853. The van der Waals surface area contributed by atoms with Gasteiger partial charge < -0.3 is 4.57 Å². The summed E-state index contributed by atoms with van der Waals surface area (Å²) in [6.07, 6.45) is 1.74. The van der Waals surface area contributed by atoms with Crippen molar-refractivity contribution in [3.05, 3.63) is 65.5 Å². The Kier molecular flexibility index (Phi) is 4.62. The second-order valence-electron chi connectivity index (χ2n) is 5.76. The number of aryl methyl sites for hydroxylation is 3. The lowest BCUT2D eigenvalue weighted by Crippen LogP contribution is -2.25. The predicted octanol–water partition coefficient (Wildman–Crippen LogP) is 2.99. The number of fused-ring (bicyclic) bond motifs is 1. The molecule has 0 aliphatic heterocycles. The van der Waals surface area contributed by atoms with Gasteiger partial charge >= 0.3 is 0 Å². The van der Waals surface area contributed by atoms with E-state index in [-0.39, 0.29) is 5.91 Å². The first-order chi connectivity index (χ1) is 11.6. The van der Waals surface area contributed by atoms with Gasteiger partial charge in [-0.3, -0.25) is 9.63 Å². The second-order valence-corrected chi connectivity index (χ2v) is 5.76. The van der Waals surface area contributed by atoms with Gasteiger partial charge in [-0.15, -0.1) is 0 Å². The molecule has 0 fully saturated rings. The molecule has 3 rings (SSSR count). The van der Waals surface area contributed by atoms with Gasteiger partial charge in [0.25, 0.3) is 5.91 Å². The number of para-hydroxylation sites is 2. The highest BCUT2D eigenvalue weighted by Crippen LogP contribution is 2.16. The van der Waals surface area contributed by atoms with Crippen molar-refractivity contribution in [1.29, 1.82) is 0 Å². The fourth-order valence-corrected chi connectivity index (χ4v) is 2.75. The molecule has 1 heterocycles. The number of aromatic nitrogens is 2. The summed E-state index contributed by atoms with van der Waals surface area (Å²) in [6, 6.07) is 15.8. The number of hydroxylamine groups is 2. The van der Waals surface area contributed by atoms with Crippen LogP contribution in [-0.4, -0.2) is 34.7 Å². The summed E-state index contributed by atoms with van der Waals surface area (Å²) in [7, 11) is 5.12. The molecule has 0 saturated carbocycles. The van der Waals surface area contributed by atoms with Crippen molar-refractivity contribution in [3.63, 3.8) is 0 Å². The van der Waals surface area contributed by atoms with E-state index in [0.29, 0.717) is 5.56 Å². The van der Waals surface area contributed by atoms with Gasteiger partial charge in [0.15, 0.2) is 0 Å². The maximum absolute atomic E-state index is 12.0. The van der Waals surface area contributed by atoms with Crippen LogP contribution in [0, 0.1) is 0 Å². The van der Waals surface area contributed by atoms with Gasteiger partial charge in [0.05, 0.1) is 18.1 Å². The minimum atomic E-state index is -0.153. The molecular formula is C19H21N3O2. The Hall–Kier alpha value is -2.66. The molecule has 1 amide bonds. The fraction of sp³-hybridized carbons (Fsp3) is 0.263. The Labute approximate surface area is 141 Å². The lowest BCUT2D eigenvalue weighted by molar-refractivity contribution is -0.0756. The van der Waals surface area contributed by atoms with E-state index in [1.165, 1.54) is 17.7 Å². The number of hydrogen-bond donors (Lipinski definition) is 0. The van der Waals surface area contributed by atoms with E-state index < -0.39 is 0 Å². The van der Waals surface area contributed by atoms with E-state index in [1.54, 1.807) is 7.05 Å². The van der Waals surface area contributed by atoms with Crippen LogP contribution in [0.15, 0.2) is 48.5 Å². The molecule has 0 unspecified atom stereocenters. The van der Waals surface area contributed by atoms with Crippen molar-refractivity contribution in [2.75, 3.05) is 14.2 Å². The quantitative estimate of drug-likeness (QED) is 0.678. The fourth-order valence-electron chi connectivity index (χ4n) is 2.75. The zero-order valence-corrected chi connectivity index (χ0v) is 14.2. The number of imidazole rings is 1. The SMILES string of the molecule is CON(C)C(=O)c1ccc(CCc2nc3ccccc3n2C)cc1. The highest BCUT2D eigenvalue weighted by molar-refractivity contribution is 5.93. The first kappa shape index (κ1) is 16.2. The molecule has 0 N–H and O–H groups in total. The van der Waals surface area contributed by atoms with Crippen LogP contribution >= 0.6 is 0 Å². The largest absolute Gasteiger partial charge is 0.331 e. The third-order valence-corrected chi connectivity index (χ3v) is 4.28. The molecule has 0 aliphatic carbocycles. The van der Waals surface area contributed by atoms with Crippen LogP contribution in [0.1, 0.15) is 21.7 Å². The zero-order chi connectivity index (χ0) is 17.1. The Morgan fingerprint density at radius 2 is 1.83 bits per heavy atom. The number of benzene rings is 2. The van der Waals surface area contributed by atoms with Gasteiger partial charge in [0.2, 0.25) is 0 Å². The molecule has 5 heteroatoms. The van der Waals surface area contributed by atoms with Crippen molar-refractivity contribution in [3.8, 4) is 0 Å².